The number of benzene rings is 1. The molecule has 0 unspecified atom stereocenters. The van der Waals surface area contributed by atoms with Gasteiger partial charge in [0.25, 0.3) is 0 Å². The first-order valence-corrected chi connectivity index (χ1v) is 10.1. The molecular weight excluding hydrogens is 390 g/mol. The molecule has 3 rings (SSSR count). The number of piperidine rings is 1. The SMILES string of the molecule is Cc1cc(CNC(=O)N(C)[C@@H]2CCCN(C(=O)Cc3cccnn3)C2)ccc1Cl. The quantitative estimate of drug-likeness (QED) is 0.814. The van der Waals surface area contributed by atoms with Crippen LogP contribution in [0.5, 0.6) is 0 Å². The topological polar surface area (TPSA) is 78.4 Å². The number of carbonyl (C=O) groups excluding carboxylic acids is 2. The smallest absolute Gasteiger partial charge is 0.317 e. The van der Waals surface area contributed by atoms with Gasteiger partial charge in [-0.25, -0.2) is 4.79 Å². The van der Waals surface area contributed by atoms with E-state index in [4.69, 9.17) is 11.6 Å². The Labute approximate surface area is 176 Å². The summed E-state index contributed by atoms with van der Waals surface area (Å²) in [6, 6.07) is 9.12. The number of rotatable bonds is 5. The highest BCUT2D eigenvalue weighted by molar-refractivity contribution is 6.31. The number of amides is 3. The number of hydrogen-bond acceptors (Lipinski definition) is 4. The Morgan fingerprint density at radius 2 is 2.17 bits per heavy atom. The fraction of sp³-hybridized carbons (Fsp3) is 0.429. The molecule has 1 aromatic heterocycles. The van der Waals surface area contributed by atoms with E-state index in [1.54, 1.807) is 30.3 Å². The molecule has 0 bridgehead atoms. The maximum atomic E-state index is 12.6. The van der Waals surface area contributed by atoms with E-state index >= 15 is 0 Å². The summed E-state index contributed by atoms with van der Waals surface area (Å²) >= 11 is 6.05. The minimum atomic E-state index is -0.147. The Hall–Kier alpha value is -2.67. The van der Waals surface area contributed by atoms with Crippen molar-refractivity contribution in [1.29, 1.82) is 0 Å². The van der Waals surface area contributed by atoms with Gasteiger partial charge in [0.1, 0.15) is 0 Å². The zero-order valence-corrected chi connectivity index (χ0v) is 17.5. The number of nitrogens with one attached hydrogen (secondary N) is 1. The van der Waals surface area contributed by atoms with E-state index in [0.717, 1.165) is 24.0 Å². The predicted molar refractivity (Wildman–Crippen MR) is 112 cm³/mol. The van der Waals surface area contributed by atoms with Crippen LogP contribution in [-0.2, 0) is 17.8 Å². The molecule has 1 atom stereocenters. The lowest BCUT2D eigenvalue weighted by molar-refractivity contribution is -0.132. The first-order chi connectivity index (χ1) is 13.9. The third kappa shape index (κ3) is 5.67. The van der Waals surface area contributed by atoms with Crippen molar-refractivity contribution in [2.75, 3.05) is 20.1 Å². The number of aryl methyl sites for hydroxylation is 1. The molecule has 29 heavy (non-hydrogen) atoms. The lowest BCUT2D eigenvalue weighted by Crippen LogP contribution is -2.52. The number of halogens is 1. The Kier molecular flexibility index (Phi) is 7.04. The number of aromatic nitrogens is 2. The van der Waals surface area contributed by atoms with Gasteiger partial charge in [-0.3, -0.25) is 4.79 Å². The minimum Gasteiger partial charge on any atom is -0.340 e. The summed E-state index contributed by atoms with van der Waals surface area (Å²) < 4.78 is 0. The van der Waals surface area contributed by atoms with E-state index in [2.05, 4.69) is 15.5 Å². The third-order valence-electron chi connectivity index (χ3n) is 5.24. The Balaban J connectivity index is 1.52. The fourth-order valence-electron chi connectivity index (χ4n) is 3.48. The molecule has 2 heterocycles. The molecule has 0 aliphatic carbocycles. The van der Waals surface area contributed by atoms with Gasteiger partial charge in [-0.2, -0.15) is 10.2 Å². The number of nitrogens with zero attached hydrogens (tertiary/aromatic N) is 4. The van der Waals surface area contributed by atoms with Crippen LogP contribution in [0.15, 0.2) is 36.5 Å². The third-order valence-corrected chi connectivity index (χ3v) is 5.67. The molecule has 154 valence electrons. The predicted octanol–water partition coefficient (Wildman–Crippen LogP) is 2.81. The maximum Gasteiger partial charge on any atom is 0.317 e. The summed E-state index contributed by atoms with van der Waals surface area (Å²) in [5.74, 6) is 0.0145. The Morgan fingerprint density at radius 1 is 1.34 bits per heavy atom. The molecule has 1 fully saturated rings. The average Bonchev–Trinajstić information content (AvgIpc) is 2.74. The van der Waals surface area contributed by atoms with Gasteiger partial charge in [0.05, 0.1) is 18.2 Å². The largest absolute Gasteiger partial charge is 0.340 e. The van der Waals surface area contributed by atoms with Gasteiger partial charge in [0.2, 0.25) is 5.91 Å². The lowest BCUT2D eigenvalue weighted by Gasteiger charge is -2.37. The molecule has 1 saturated heterocycles. The average molecular weight is 416 g/mol. The molecule has 8 heteroatoms. The second-order valence-electron chi connectivity index (χ2n) is 7.38. The summed E-state index contributed by atoms with van der Waals surface area (Å²) in [5, 5.41) is 11.5. The van der Waals surface area contributed by atoms with E-state index in [1.807, 2.05) is 30.0 Å². The van der Waals surface area contributed by atoms with Gasteiger partial charge in [-0.1, -0.05) is 23.7 Å². The number of urea groups is 1. The number of hydrogen-bond donors (Lipinski definition) is 1. The van der Waals surface area contributed by atoms with Crippen molar-refractivity contribution in [3.63, 3.8) is 0 Å². The van der Waals surface area contributed by atoms with E-state index in [0.29, 0.717) is 30.4 Å². The Bertz CT molecular complexity index is 861. The molecule has 1 aliphatic rings. The van der Waals surface area contributed by atoms with E-state index < -0.39 is 0 Å². The molecule has 2 aromatic rings. The van der Waals surface area contributed by atoms with Gasteiger partial charge in [-0.05, 0) is 49.1 Å². The number of likely N-dealkylation sites (N-methyl/N-ethyl adjacent to an activating group) is 1. The zero-order chi connectivity index (χ0) is 20.8. The molecule has 0 radical (unpaired) electrons. The fourth-order valence-corrected chi connectivity index (χ4v) is 3.59. The highest BCUT2D eigenvalue weighted by atomic mass is 35.5. The minimum absolute atomic E-state index is 0.0125. The molecule has 0 saturated carbocycles. The van der Waals surface area contributed by atoms with Crippen molar-refractivity contribution in [2.24, 2.45) is 0 Å². The van der Waals surface area contributed by atoms with Crippen LogP contribution < -0.4 is 5.32 Å². The van der Waals surface area contributed by atoms with Gasteiger partial charge < -0.3 is 15.1 Å². The van der Waals surface area contributed by atoms with Crippen molar-refractivity contribution in [2.45, 2.75) is 38.8 Å². The summed E-state index contributed by atoms with van der Waals surface area (Å²) in [6.45, 7) is 3.61. The van der Waals surface area contributed by atoms with E-state index in [9.17, 15) is 9.59 Å². The van der Waals surface area contributed by atoms with Crippen molar-refractivity contribution in [3.8, 4) is 0 Å². The normalized spacial score (nSPS) is 16.4. The van der Waals surface area contributed by atoms with Crippen LogP contribution >= 0.6 is 11.6 Å². The van der Waals surface area contributed by atoms with Crippen LogP contribution in [0, 0.1) is 6.92 Å². The standard InChI is InChI=1S/C21H26ClN5O2/c1-15-11-16(7-8-19(15)22)13-23-21(29)26(2)18-6-4-10-27(14-18)20(28)12-17-5-3-9-24-25-17/h3,5,7-9,11,18H,4,6,10,12-14H2,1-2H3,(H,23,29)/t18-/m1/s1. The van der Waals surface area contributed by atoms with Crippen LogP contribution in [0.25, 0.3) is 0 Å². The summed E-state index contributed by atoms with van der Waals surface area (Å²) in [4.78, 5) is 28.7. The van der Waals surface area contributed by atoms with Crippen LogP contribution in [0.2, 0.25) is 5.02 Å². The van der Waals surface area contributed by atoms with E-state index in [1.165, 1.54) is 0 Å². The van der Waals surface area contributed by atoms with Gasteiger partial charge >= 0.3 is 6.03 Å². The first kappa shape index (κ1) is 21.0. The number of carbonyl (C=O) groups is 2. The van der Waals surface area contributed by atoms with Crippen molar-refractivity contribution >= 4 is 23.5 Å². The molecule has 3 amide bonds. The lowest BCUT2D eigenvalue weighted by atomic mass is 10.0. The highest BCUT2D eigenvalue weighted by Crippen LogP contribution is 2.18. The van der Waals surface area contributed by atoms with Gasteiger partial charge in [0, 0.05) is 37.9 Å². The zero-order valence-electron chi connectivity index (χ0n) is 16.8. The molecule has 7 nitrogen and oxygen atoms in total. The monoisotopic (exact) mass is 415 g/mol. The second kappa shape index (κ2) is 9.69. The number of likely N-dealkylation sites (tertiary alicyclic amines) is 1. The van der Waals surface area contributed by atoms with Gasteiger partial charge in [0.15, 0.2) is 0 Å². The van der Waals surface area contributed by atoms with Crippen molar-refractivity contribution in [3.05, 3.63) is 58.4 Å². The molecule has 0 spiro atoms. The first-order valence-electron chi connectivity index (χ1n) is 9.74. The van der Waals surface area contributed by atoms with Gasteiger partial charge in [-0.15, -0.1) is 0 Å². The summed E-state index contributed by atoms with van der Waals surface area (Å²) in [7, 11) is 1.78. The van der Waals surface area contributed by atoms with Crippen LogP contribution in [0.4, 0.5) is 4.79 Å². The maximum absolute atomic E-state index is 12.6. The summed E-state index contributed by atoms with van der Waals surface area (Å²) in [6.07, 6.45) is 3.56. The van der Waals surface area contributed by atoms with Crippen molar-refractivity contribution < 1.29 is 9.59 Å². The Morgan fingerprint density at radius 3 is 2.90 bits per heavy atom. The second-order valence-corrected chi connectivity index (χ2v) is 7.79. The highest BCUT2D eigenvalue weighted by Gasteiger charge is 2.28. The van der Waals surface area contributed by atoms with Crippen LogP contribution in [0.1, 0.15) is 29.7 Å². The molecule has 1 aromatic carbocycles. The summed E-state index contributed by atoms with van der Waals surface area (Å²) in [5.41, 5.74) is 2.64. The van der Waals surface area contributed by atoms with Crippen molar-refractivity contribution in [1.82, 2.24) is 25.3 Å². The van der Waals surface area contributed by atoms with E-state index in [-0.39, 0.29) is 24.4 Å². The van der Waals surface area contributed by atoms with Crippen LogP contribution in [-0.4, -0.2) is 58.1 Å². The molecule has 1 N–H and O–H groups in total. The molecular formula is C21H26ClN5O2. The molecule has 1 aliphatic heterocycles. The van der Waals surface area contributed by atoms with Crippen LogP contribution in [0.3, 0.4) is 0 Å².